The van der Waals surface area contributed by atoms with E-state index in [4.69, 9.17) is 5.41 Å². The molecule has 31 heavy (non-hydrogen) atoms. The maximum absolute atomic E-state index is 7.93. The minimum Gasteiger partial charge on any atom is -0.310 e. The first-order valence-corrected chi connectivity index (χ1v) is 10.4. The Morgan fingerprint density at radius 1 is 0.774 bits per heavy atom. The number of para-hydroxylation sites is 2. The molecule has 0 aromatic heterocycles. The molecule has 0 saturated carbocycles. The van der Waals surface area contributed by atoms with Crippen LogP contribution in [0.4, 0.5) is 22.7 Å². The van der Waals surface area contributed by atoms with E-state index in [0.29, 0.717) is 11.4 Å². The van der Waals surface area contributed by atoms with Crippen LogP contribution in [0.5, 0.6) is 0 Å². The van der Waals surface area contributed by atoms with E-state index in [2.05, 4.69) is 89.9 Å². The standard InChI is InChI=1S/C27H24N4/c1-27(2)21-9-3-7-13-25(21)31(26-14-8-4-10-22(26)27)20-17-15-19(16-18-20)29-30-24-12-6-5-11-23(24)28/h3-18,28-29H,1-2H3/b28-23?,30-24-. The molecular weight excluding hydrogens is 380 g/mol. The van der Waals surface area contributed by atoms with Crippen LogP contribution in [0.25, 0.3) is 0 Å². The number of hydrogen-bond donors (Lipinski definition) is 2. The average molecular weight is 405 g/mol. The number of allylic oxidation sites excluding steroid dienone is 4. The van der Waals surface area contributed by atoms with E-state index in [9.17, 15) is 0 Å². The van der Waals surface area contributed by atoms with Crippen molar-refractivity contribution >= 4 is 34.2 Å². The third-order valence-corrected chi connectivity index (χ3v) is 5.97. The first-order chi connectivity index (χ1) is 15.1. The number of nitrogens with zero attached hydrogens (tertiary/aromatic N) is 2. The fourth-order valence-electron chi connectivity index (χ4n) is 4.33. The van der Waals surface area contributed by atoms with Crippen LogP contribution in [0.2, 0.25) is 0 Å². The zero-order chi connectivity index (χ0) is 21.4. The molecule has 3 aromatic carbocycles. The van der Waals surface area contributed by atoms with E-state index in [1.807, 2.05) is 30.4 Å². The van der Waals surface area contributed by atoms with Crippen molar-refractivity contribution in [3.63, 3.8) is 0 Å². The summed E-state index contributed by atoms with van der Waals surface area (Å²) in [6, 6.07) is 25.5. The fraction of sp³-hybridized carbons (Fsp3) is 0.111. The van der Waals surface area contributed by atoms with Crippen LogP contribution in [0.1, 0.15) is 25.0 Å². The number of anilines is 4. The molecule has 0 amide bonds. The lowest BCUT2D eigenvalue weighted by Crippen LogP contribution is -2.30. The Bertz CT molecular complexity index is 1200. The molecule has 2 N–H and O–H groups in total. The van der Waals surface area contributed by atoms with Gasteiger partial charge in [-0.15, -0.1) is 0 Å². The molecule has 1 aliphatic carbocycles. The summed E-state index contributed by atoms with van der Waals surface area (Å²) in [5, 5.41) is 12.3. The number of hydrogen-bond acceptors (Lipinski definition) is 4. The molecule has 152 valence electrons. The Hall–Kier alpha value is -3.92. The van der Waals surface area contributed by atoms with Crippen LogP contribution in [0.15, 0.2) is 102 Å². The highest BCUT2D eigenvalue weighted by atomic mass is 15.3. The second-order valence-electron chi connectivity index (χ2n) is 8.28. The highest BCUT2D eigenvalue weighted by Gasteiger charge is 2.36. The summed E-state index contributed by atoms with van der Waals surface area (Å²) in [4.78, 5) is 2.33. The van der Waals surface area contributed by atoms with Crippen molar-refractivity contribution in [1.29, 1.82) is 5.41 Å². The Morgan fingerprint density at radius 3 is 1.97 bits per heavy atom. The van der Waals surface area contributed by atoms with Gasteiger partial charge in [-0.1, -0.05) is 62.4 Å². The summed E-state index contributed by atoms with van der Waals surface area (Å²) < 4.78 is 0. The van der Waals surface area contributed by atoms with Crippen LogP contribution in [-0.4, -0.2) is 11.4 Å². The summed E-state index contributed by atoms with van der Waals surface area (Å²) in [7, 11) is 0. The molecule has 3 aromatic rings. The van der Waals surface area contributed by atoms with E-state index in [1.54, 1.807) is 6.08 Å². The zero-order valence-corrected chi connectivity index (χ0v) is 17.6. The van der Waals surface area contributed by atoms with Gasteiger partial charge in [0.1, 0.15) is 5.71 Å². The van der Waals surface area contributed by atoms with Gasteiger partial charge in [-0.2, -0.15) is 5.10 Å². The number of benzene rings is 3. The number of fused-ring (bicyclic) bond motifs is 2. The molecule has 4 heteroatoms. The van der Waals surface area contributed by atoms with Gasteiger partial charge in [0, 0.05) is 11.1 Å². The normalized spacial score (nSPS) is 17.4. The lowest BCUT2D eigenvalue weighted by atomic mass is 9.73. The predicted octanol–water partition coefficient (Wildman–Crippen LogP) is 6.71. The number of hydrazone groups is 1. The van der Waals surface area contributed by atoms with Crippen molar-refractivity contribution in [2.75, 3.05) is 10.3 Å². The van der Waals surface area contributed by atoms with Crippen molar-refractivity contribution in [3.8, 4) is 0 Å². The van der Waals surface area contributed by atoms with E-state index < -0.39 is 0 Å². The number of nitrogens with one attached hydrogen (secondary N) is 2. The van der Waals surface area contributed by atoms with E-state index in [-0.39, 0.29) is 5.41 Å². The quantitative estimate of drug-likeness (QED) is 0.376. The van der Waals surface area contributed by atoms with Crippen molar-refractivity contribution in [2.24, 2.45) is 5.10 Å². The molecule has 0 radical (unpaired) electrons. The van der Waals surface area contributed by atoms with Gasteiger partial charge in [0.25, 0.3) is 0 Å². The maximum Gasteiger partial charge on any atom is 0.108 e. The second-order valence-corrected chi connectivity index (χ2v) is 8.28. The highest BCUT2D eigenvalue weighted by molar-refractivity contribution is 6.50. The first kappa shape index (κ1) is 19.1. The van der Waals surface area contributed by atoms with Gasteiger partial charge in [-0.05, 0) is 59.7 Å². The Kier molecular flexibility index (Phi) is 4.55. The van der Waals surface area contributed by atoms with E-state index in [1.165, 1.54) is 22.5 Å². The molecule has 0 bridgehead atoms. The molecule has 0 unspecified atom stereocenters. The molecule has 0 atom stereocenters. The molecule has 0 saturated heterocycles. The molecule has 0 fully saturated rings. The lowest BCUT2D eigenvalue weighted by molar-refractivity contribution is 0.632. The smallest absolute Gasteiger partial charge is 0.108 e. The van der Waals surface area contributed by atoms with Crippen LogP contribution < -0.4 is 10.3 Å². The highest BCUT2D eigenvalue weighted by Crippen LogP contribution is 2.51. The molecule has 1 aliphatic heterocycles. The molecule has 5 rings (SSSR count). The summed E-state index contributed by atoms with van der Waals surface area (Å²) in [5.41, 5.74) is 11.1. The third-order valence-electron chi connectivity index (χ3n) is 5.97. The summed E-state index contributed by atoms with van der Waals surface area (Å²) in [6.07, 6.45) is 7.28. The van der Waals surface area contributed by atoms with Crippen molar-refractivity contribution in [3.05, 3.63) is 108 Å². The van der Waals surface area contributed by atoms with Gasteiger partial charge in [0.15, 0.2) is 0 Å². The molecule has 0 spiro atoms. The van der Waals surface area contributed by atoms with Crippen molar-refractivity contribution in [2.45, 2.75) is 19.3 Å². The monoisotopic (exact) mass is 404 g/mol. The predicted molar refractivity (Wildman–Crippen MR) is 130 cm³/mol. The van der Waals surface area contributed by atoms with Crippen LogP contribution in [0, 0.1) is 5.41 Å². The summed E-state index contributed by atoms with van der Waals surface area (Å²) in [5.74, 6) is 0. The van der Waals surface area contributed by atoms with Crippen LogP contribution in [0.3, 0.4) is 0 Å². The first-order valence-electron chi connectivity index (χ1n) is 10.4. The second kappa shape index (κ2) is 7.40. The third kappa shape index (κ3) is 3.26. The summed E-state index contributed by atoms with van der Waals surface area (Å²) >= 11 is 0. The van der Waals surface area contributed by atoms with Gasteiger partial charge in [0.2, 0.25) is 0 Å². The average Bonchev–Trinajstić information content (AvgIpc) is 2.80. The Morgan fingerprint density at radius 2 is 1.35 bits per heavy atom. The van der Waals surface area contributed by atoms with E-state index >= 15 is 0 Å². The molecule has 1 heterocycles. The van der Waals surface area contributed by atoms with Gasteiger partial charge in [0.05, 0.1) is 22.8 Å². The largest absolute Gasteiger partial charge is 0.310 e. The molecule has 2 aliphatic rings. The number of rotatable bonds is 3. The SMILES string of the molecule is CC1(C)c2ccccc2N(c2ccc(N/N=C3/C=CC=CC3=N)cc2)c2ccccc21. The summed E-state index contributed by atoms with van der Waals surface area (Å²) in [6.45, 7) is 4.58. The fourth-order valence-corrected chi connectivity index (χ4v) is 4.33. The Labute approximate surface area is 182 Å². The van der Waals surface area contributed by atoms with Crippen LogP contribution >= 0.6 is 0 Å². The lowest BCUT2D eigenvalue weighted by Gasteiger charge is -2.42. The molecule has 4 nitrogen and oxygen atoms in total. The van der Waals surface area contributed by atoms with Gasteiger partial charge in [-0.25, -0.2) is 0 Å². The van der Waals surface area contributed by atoms with Crippen molar-refractivity contribution < 1.29 is 0 Å². The van der Waals surface area contributed by atoms with Gasteiger partial charge >= 0.3 is 0 Å². The van der Waals surface area contributed by atoms with Gasteiger partial charge < -0.3 is 4.90 Å². The minimum absolute atomic E-state index is 0.0618. The zero-order valence-electron chi connectivity index (χ0n) is 17.6. The van der Waals surface area contributed by atoms with Crippen molar-refractivity contribution in [1.82, 2.24) is 0 Å². The minimum atomic E-state index is -0.0618. The van der Waals surface area contributed by atoms with Crippen LogP contribution in [-0.2, 0) is 5.41 Å². The molecular formula is C27H24N4. The maximum atomic E-state index is 7.93. The topological polar surface area (TPSA) is 51.5 Å². The Balaban J connectivity index is 1.51. The van der Waals surface area contributed by atoms with E-state index in [0.717, 1.165) is 11.4 Å². The van der Waals surface area contributed by atoms with Gasteiger partial charge in [-0.3, -0.25) is 10.8 Å².